The molecule has 0 saturated carbocycles. The number of nitrogens with zero attached hydrogens (tertiary/aromatic N) is 6. The quantitative estimate of drug-likeness (QED) is 0.319. The van der Waals surface area contributed by atoms with Crippen molar-refractivity contribution < 1.29 is 0 Å². The van der Waals surface area contributed by atoms with Crippen LogP contribution in [0.2, 0.25) is 0 Å². The van der Waals surface area contributed by atoms with Crippen LogP contribution in [0.25, 0.3) is 0 Å². The van der Waals surface area contributed by atoms with Crippen LogP contribution in [0.4, 0.5) is 0 Å². The van der Waals surface area contributed by atoms with Gasteiger partial charge in [0.15, 0.2) is 0 Å². The van der Waals surface area contributed by atoms with E-state index < -0.39 is 8.56 Å². The maximum atomic E-state index is 5.28. The molecule has 1 aromatic carbocycles. The summed E-state index contributed by atoms with van der Waals surface area (Å²) in [5.41, 5.74) is 7.06. The van der Waals surface area contributed by atoms with Crippen LogP contribution in [-0.2, 0) is 38.5 Å². The van der Waals surface area contributed by atoms with E-state index >= 15 is 0 Å². The number of aromatic nitrogens is 6. The second kappa shape index (κ2) is 10.1. The molecule has 0 aliphatic rings. The van der Waals surface area contributed by atoms with Crippen LogP contribution in [0.15, 0.2) is 48.5 Å². The number of hydrogen-bond acceptors (Lipinski definition) is 3. The van der Waals surface area contributed by atoms with E-state index in [4.69, 9.17) is 15.3 Å². The monoisotopic (exact) mass is 474 g/mol. The average molecular weight is 475 g/mol. The predicted molar refractivity (Wildman–Crippen MR) is 141 cm³/mol. The van der Waals surface area contributed by atoms with Crippen molar-refractivity contribution in [1.29, 1.82) is 0 Å². The van der Waals surface area contributed by atoms with Crippen molar-refractivity contribution in [2.75, 3.05) is 0 Å². The van der Waals surface area contributed by atoms with Gasteiger partial charge in [-0.05, 0) is 56.7 Å². The molecule has 180 valence electrons. The van der Waals surface area contributed by atoms with E-state index in [2.05, 4.69) is 103 Å². The Morgan fingerprint density at radius 3 is 1.18 bits per heavy atom. The molecule has 3 heterocycles. The molecule has 0 radical (unpaired) electrons. The number of rotatable bonds is 10. The minimum absolute atomic E-state index is 0.902. The van der Waals surface area contributed by atoms with Crippen molar-refractivity contribution in [1.82, 2.24) is 28.3 Å². The van der Waals surface area contributed by atoms with Gasteiger partial charge < -0.3 is 0 Å². The van der Waals surface area contributed by atoms with E-state index in [9.17, 15) is 0 Å². The highest BCUT2D eigenvalue weighted by Gasteiger charge is 2.51. The molecule has 0 aliphatic heterocycles. The van der Waals surface area contributed by atoms with Crippen LogP contribution >= 0.6 is 0 Å². The fourth-order valence-corrected chi connectivity index (χ4v) is 9.39. The Morgan fingerprint density at radius 2 is 0.882 bits per heavy atom. The lowest BCUT2D eigenvalue weighted by Gasteiger charge is -2.35. The zero-order valence-corrected chi connectivity index (χ0v) is 22.5. The van der Waals surface area contributed by atoms with E-state index in [0.717, 1.165) is 55.6 Å². The van der Waals surface area contributed by atoms with Gasteiger partial charge in [0.05, 0.1) is 17.1 Å². The summed E-state index contributed by atoms with van der Waals surface area (Å²) in [4.78, 5) is 0. The first kappa shape index (κ1) is 24.2. The number of aryl methyl sites for hydroxylation is 6. The number of benzene rings is 1. The second-order valence-corrected chi connectivity index (χ2v) is 11.9. The normalized spacial score (nSPS) is 11.9. The molecule has 34 heavy (non-hydrogen) atoms. The maximum absolute atomic E-state index is 5.28. The van der Waals surface area contributed by atoms with Gasteiger partial charge >= 0.3 is 8.56 Å². The molecule has 0 amide bonds. The second-order valence-electron chi connectivity index (χ2n) is 8.74. The molecular weight excluding hydrogens is 436 g/mol. The lowest BCUT2D eigenvalue weighted by Crippen LogP contribution is -2.69. The Bertz CT molecular complexity index is 1110. The van der Waals surface area contributed by atoms with E-state index in [-0.39, 0.29) is 0 Å². The average Bonchev–Trinajstić information content (AvgIpc) is 3.62. The fraction of sp³-hybridized carbons (Fsp3) is 0.444. The van der Waals surface area contributed by atoms with Crippen molar-refractivity contribution in [3.05, 3.63) is 82.7 Å². The summed E-state index contributed by atoms with van der Waals surface area (Å²) < 4.78 is 7.00. The summed E-state index contributed by atoms with van der Waals surface area (Å²) in [6.07, 6.45) is 5.42. The van der Waals surface area contributed by atoms with Crippen LogP contribution in [-0.4, -0.2) is 36.9 Å². The highest BCUT2D eigenvalue weighted by Crippen LogP contribution is 2.24. The Balaban J connectivity index is 2.24. The lowest BCUT2D eigenvalue weighted by atomic mass is 10.3. The van der Waals surface area contributed by atoms with E-state index in [0.29, 0.717) is 0 Å². The van der Waals surface area contributed by atoms with Gasteiger partial charge in [-0.15, -0.1) is 0 Å². The summed E-state index contributed by atoms with van der Waals surface area (Å²) in [5.74, 6) is 0. The molecule has 0 saturated heterocycles. The zero-order valence-electron chi connectivity index (χ0n) is 21.5. The van der Waals surface area contributed by atoms with Crippen molar-refractivity contribution in [3.8, 4) is 0 Å². The summed E-state index contributed by atoms with van der Waals surface area (Å²) in [7, 11) is -3.07. The SMILES string of the molecule is CCc1cc(CC)n([Si](c2ccccc2)(n2nc(CC)cc2CC)n2nc(CC)cc2CC)n1. The minimum atomic E-state index is -3.07. The van der Waals surface area contributed by atoms with Crippen LogP contribution in [0.1, 0.15) is 75.7 Å². The molecule has 7 heteroatoms. The lowest BCUT2D eigenvalue weighted by molar-refractivity contribution is 0.679. The Kier molecular flexibility index (Phi) is 7.21. The molecule has 0 bridgehead atoms. The highest BCUT2D eigenvalue weighted by molar-refractivity contribution is 6.87. The van der Waals surface area contributed by atoms with E-state index in [1.54, 1.807) is 0 Å². The zero-order chi connectivity index (χ0) is 24.3. The largest absolute Gasteiger partial charge is 0.476 e. The van der Waals surface area contributed by atoms with Gasteiger partial charge in [0, 0.05) is 22.3 Å². The van der Waals surface area contributed by atoms with E-state index in [1.807, 2.05) is 0 Å². The molecule has 0 fully saturated rings. The summed E-state index contributed by atoms with van der Waals surface area (Å²) in [6.45, 7) is 13.2. The first-order chi connectivity index (χ1) is 16.6. The molecule has 0 spiro atoms. The van der Waals surface area contributed by atoms with Gasteiger partial charge in [0.1, 0.15) is 0 Å². The first-order valence-electron chi connectivity index (χ1n) is 12.9. The molecule has 0 atom stereocenters. The standard InChI is InChI=1S/C27H38N6Si/c1-7-21-18-24(10-4)31(28-21)34(27-16-14-13-15-17-27,32-25(11-5)19-22(8-2)29-32)33-26(12-6)20-23(9-3)30-33/h13-20H,7-12H2,1-6H3. The molecule has 0 aliphatic carbocycles. The number of hydrogen-bond donors (Lipinski definition) is 0. The van der Waals surface area contributed by atoms with Crippen LogP contribution < -0.4 is 5.19 Å². The highest BCUT2D eigenvalue weighted by atomic mass is 28.4. The molecule has 6 nitrogen and oxygen atoms in total. The van der Waals surface area contributed by atoms with Gasteiger partial charge in [-0.25, -0.2) is 0 Å². The molecule has 0 unspecified atom stereocenters. The predicted octanol–water partition coefficient (Wildman–Crippen LogP) is 4.44. The molecular formula is C27H38N6Si. The first-order valence-corrected chi connectivity index (χ1v) is 14.7. The maximum Gasteiger partial charge on any atom is 0.476 e. The summed E-state index contributed by atoms with van der Waals surface area (Å²) in [5, 5.41) is 17.1. The van der Waals surface area contributed by atoms with Crippen LogP contribution in [0.5, 0.6) is 0 Å². The Morgan fingerprint density at radius 1 is 0.529 bits per heavy atom. The third-order valence-electron chi connectivity index (χ3n) is 6.72. The summed E-state index contributed by atoms with van der Waals surface area (Å²) in [6, 6.07) is 17.7. The van der Waals surface area contributed by atoms with Gasteiger partial charge in [0.2, 0.25) is 0 Å². The van der Waals surface area contributed by atoms with Gasteiger partial charge in [-0.3, -0.25) is 13.0 Å². The van der Waals surface area contributed by atoms with Crippen molar-refractivity contribution in [3.63, 3.8) is 0 Å². The van der Waals surface area contributed by atoms with Gasteiger partial charge in [-0.1, -0.05) is 71.9 Å². The van der Waals surface area contributed by atoms with Crippen molar-refractivity contribution in [2.24, 2.45) is 0 Å². The minimum Gasteiger partial charge on any atom is -0.251 e. The Labute approximate surface area is 204 Å². The van der Waals surface area contributed by atoms with Crippen molar-refractivity contribution in [2.45, 2.75) is 80.1 Å². The fourth-order valence-electron chi connectivity index (χ4n) is 4.81. The molecule has 0 N–H and O–H groups in total. The summed E-state index contributed by atoms with van der Waals surface area (Å²) >= 11 is 0. The van der Waals surface area contributed by atoms with Crippen molar-refractivity contribution >= 4 is 13.7 Å². The van der Waals surface area contributed by atoms with Gasteiger partial charge in [0.25, 0.3) is 0 Å². The topological polar surface area (TPSA) is 53.5 Å². The third-order valence-corrected chi connectivity index (χ3v) is 10.8. The molecule has 4 rings (SSSR count). The molecule has 4 aromatic rings. The van der Waals surface area contributed by atoms with Gasteiger partial charge in [-0.2, -0.15) is 15.3 Å². The smallest absolute Gasteiger partial charge is 0.251 e. The van der Waals surface area contributed by atoms with E-state index in [1.165, 1.54) is 22.3 Å². The molecule has 3 aromatic heterocycles. The Hall–Kier alpha value is -2.93. The van der Waals surface area contributed by atoms with Crippen LogP contribution in [0, 0.1) is 0 Å². The van der Waals surface area contributed by atoms with Crippen LogP contribution in [0.3, 0.4) is 0 Å². The third kappa shape index (κ3) is 3.86.